The first kappa shape index (κ1) is 16.4. The van der Waals surface area contributed by atoms with E-state index >= 15 is 0 Å². The monoisotopic (exact) mass is 322 g/mol. The Morgan fingerprint density at radius 2 is 1.72 bits per heavy atom. The highest BCUT2D eigenvalue weighted by atomic mass is 79.9. The molecule has 3 nitrogen and oxygen atoms in total. The van der Waals surface area contributed by atoms with Gasteiger partial charge in [-0.25, -0.2) is 0 Å². The summed E-state index contributed by atoms with van der Waals surface area (Å²) in [7, 11) is 1.69. The Balaban J connectivity index is 2.01. The molecule has 2 unspecified atom stereocenters. The van der Waals surface area contributed by atoms with Gasteiger partial charge in [-0.05, 0) is 19.3 Å². The van der Waals surface area contributed by atoms with E-state index in [1.54, 1.807) is 7.11 Å². The van der Waals surface area contributed by atoms with E-state index in [1.165, 1.54) is 38.5 Å². The van der Waals surface area contributed by atoms with Crippen molar-refractivity contribution in [2.45, 2.75) is 55.9 Å². The number of methoxy groups -OCH3 is 1. The minimum absolute atomic E-state index is 0.393. The molecule has 18 heavy (non-hydrogen) atoms. The first-order valence-electron chi connectivity index (χ1n) is 7.17. The molecule has 1 aliphatic carbocycles. The predicted octanol–water partition coefficient (Wildman–Crippen LogP) is 3.54. The van der Waals surface area contributed by atoms with Crippen molar-refractivity contribution in [3.63, 3.8) is 0 Å². The van der Waals surface area contributed by atoms with Gasteiger partial charge in [0.05, 0.1) is 19.3 Å². The van der Waals surface area contributed by atoms with E-state index in [1.807, 2.05) is 0 Å². The third kappa shape index (κ3) is 7.72. The minimum atomic E-state index is 0.393. The van der Waals surface area contributed by atoms with Crippen LogP contribution in [0.3, 0.4) is 0 Å². The quantitative estimate of drug-likeness (QED) is 0.505. The zero-order valence-corrected chi connectivity index (χ0v) is 13.1. The van der Waals surface area contributed by atoms with Crippen LogP contribution in [0, 0.1) is 0 Å². The van der Waals surface area contributed by atoms with Gasteiger partial charge in [0.1, 0.15) is 0 Å². The Morgan fingerprint density at radius 1 is 0.944 bits per heavy atom. The molecule has 0 spiro atoms. The van der Waals surface area contributed by atoms with Gasteiger partial charge in [0.2, 0.25) is 0 Å². The van der Waals surface area contributed by atoms with E-state index in [2.05, 4.69) is 15.9 Å². The zero-order chi connectivity index (χ0) is 13.1. The van der Waals surface area contributed by atoms with E-state index in [4.69, 9.17) is 14.2 Å². The summed E-state index contributed by atoms with van der Waals surface area (Å²) in [5, 5.41) is 0. The van der Waals surface area contributed by atoms with E-state index in [0.29, 0.717) is 24.1 Å². The Labute approximate surface area is 120 Å². The molecule has 1 rings (SSSR count). The first-order chi connectivity index (χ1) is 8.84. The fourth-order valence-electron chi connectivity index (χ4n) is 2.23. The van der Waals surface area contributed by atoms with E-state index in [9.17, 15) is 0 Å². The van der Waals surface area contributed by atoms with Crippen LogP contribution in [0.1, 0.15) is 44.9 Å². The maximum Gasteiger partial charge on any atom is 0.0700 e. The van der Waals surface area contributed by atoms with Crippen LogP contribution in [0.2, 0.25) is 0 Å². The maximum atomic E-state index is 5.98. The van der Waals surface area contributed by atoms with Gasteiger partial charge in [-0.2, -0.15) is 0 Å². The molecule has 0 aromatic rings. The SMILES string of the molecule is COCCOCCCOC1CCCCCCC1Br. The van der Waals surface area contributed by atoms with Gasteiger partial charge in [0, 0.05) is 25.2 Å². The van der Waals surface area contributed by atoms with Crippen molar-refractivity contribution >= 4 is 15.9 Å². The van der Waals surface area contributed by atoms with Crippen LogP contribution < -0.4 is 0 Å². The number of rotatable bonds is 8. The van der Waals surface area contributed by atoms with Crippen LogP contribution in [0.4, 0.5) is 0 Å². The second-order valence-electron chi connectivity index (χ2n) is 4.88. The summed E-state index contributed by atoms with van der Waals surface area (Å²) in [6.45, 7) is 2.93. The largest absolute Gasteiger partial charge is 0.382 e. The molecule has 1 saturated carbocycles. The normalized spacial score (nSPS) is 25.7. The average Bonchev–Trinajstić information content (AvgIpc) is 2.36. The number of ether oxygens (including phenoxy) is 3. The summed E-state index contributed by atoms with van der Waals surface area (Å²) >= 11 is 3.77. The molecule has 0 amide bonds. The van der Waals surface area contributed by atoms with Crippen LogP contribution in [0.15, 0.2) is 0 Å². The van der Waals surface area contributed by atoms with Crippen molar-refractivity contribution in [2.75, 3.05) is 33.5 Å². The molecule has 0 bridgehead atoms. The van der Waals surface area contributed by atoms with Crippen molar-refractivity contribution in [3.8, 4) is 0 Å². The second-order valence-corrected chi connectivity index (χ2v) is 6.05. The highest BCUT2D eigenvalue weighted by Crippen LogP contribution is 2.25. The second kappa shape index (κ2) is 11.2. The molecule has 4 heteroatoms. The van der Waals surface area contributed by atoms with Crippen LogP contribution in [0.5, 0.6) is 0 Å². The van der Waals surface area contributed by atoms with Crippen molar-refractivity contribution in [1.29, 1.82) is 0 Å². The lowest BCUT2D eigenvalue weighted by atomic mass is 9.98. The van der Waals surface area contributed by atoms with E-state index < -0.39 is 0 Å². The van der Waals surface area contributed by atoms with Crippen molar-refractivity contribution in [2.24, 2.45) is 0 Å². The molecule has 0 aromatic heterocycles. The van der Waals surface area contributed by atoms with Gasteiger partial charge in [0.25, 0.3) is 0 Å². The van der Waals surface area contributed by atoms with Crippen LogP contribution >= 0.6 is 15.9 Å². The molecule has 0 saturated heterocycles. The van der Waals surface area contributed by atoms with E-state index in [0.717, 1.165) is 19.6 Å². The Hall–Kier alpha value is 0.360. The summed E-state index contributed by atoms with van der Waals surface area (Å²) in [6.07, 6.45) is 9.17. The fraction of sp³-hybridized carbons (Fsp3) is 1.00. The van der Waals surface area contributed by atoms with Crippen LogP contribution in [0.25, 0.3) is 0 Å². The molecule has 0 heterocycles. The molecule has 0 aliphatic heterocycles. The van der Waals surface area contributed by atoms with Gasteiger partial charge in [-0.1, -0.05) is 41.6 Å². The topological polar surface area (TPSA) is 27.7 Å². The number of hydrogen-bond donors (Lipinski definition) is 0. The third-order valence-corrected chi connectivity index (χ3v) is 4.37. The number of hydrogen-bond acceptors (Lipinski definition) is 3. The maximum absolute atomic E-state index is 5.98. The average molecular weight is 323 g/mol. The Bertz CT molecular complexity index is 190. The van der Waals surface area contributed by atoms with Crippen molar-refractivity contribution < 1.29 is 14.2 Å². The summed E-state index contributed by atoms with van der Waals surface area (Å²) in [5.41, 5.74) is 0. The molecule has 2 atom stereocenters. The fourth-order valence-corrected chi connectivity index (χ4v) is 2.97. The highest BCUT2D eigenvalue weighted by Gasteiger charge is 2.20. The number of halogens is 1. The predicted molar refractivity (Wildman–Crippen MR) is 77.5 cm³/mol. The summed E-state index contributed by atoms with van der Waals surface area (Å²) < 4.78 is 16.3. The number of alkyl halides is 1. The molecule has 0 aromatic carbocycles. The molecule has 1 aliphatic rings. The smallest absolute Gasteiger partial charge is 0.0700 e. The molecule has 1 fully saturated rings. The molecule has 108 valence electrons. The summed E-state index contributed by atoms with van der Waals surface area (Å²) in [5.74, 6) is 0. The lowest BCUT2D eigenvalue weighted by Gasteiger charge is -2.25. The van der Waals surface area contributed by atoms with Gasteiger partial charge in [0.15, 0.2) is 0 Å². The summed E-state index contributed by atoms with van der Waals surface area (Å²) in [6, 6.07) is 0. The van der Waals surface area contributed by atoms with Crippen molar-refractivity contribution in [3.05, 3.63) is 0 Å². The Kier molecular flexibility index (Phi) is 10.2. The lowest BCUT2D eigenvalue weighted by molar-refractivity contribution is 0.0168. The van der Waals surface area contributed by atoms with Gasteiger partial charge in [-0.3, -0.25) is 0 Å². The van der Waals surface area contributed by atoms with Crippen LogP contribution in [-0.2, 0) is 14.2 Å². The lowest BCUT2D eigenvalue weighted by Crippen LogP contribution is -2.26. The molecule has 0 radical (unpaired) electrons. The van der Waals surface area contributed by atoms with Gasteiger partial charge >= 0.3 is 0 Å². The minimum Gasteiger partial charge on any atom is -0.382 e. The first-order valence-corrected chi connectivity index (χ1v) is 8.08. The van der Waals surface area contributed by atoms with Crippen LogP contribution in [-0.4, -0.2) is 44.5 Å². The summed E-state index contributed by atoms with van der Waals surface area (Å²) in [4.78, 5) is 0.534. The Morgan fingerprint density at radius 3 is 2.50 bits per heavy atom. The standard InChI is InChI=1S/C14H27BrO3/c1-16-11-12-17-9-6-10-18-14-8-5-3-2-4-7-13(14)15/h13-14H,2-12H2,1H3. The van der Waals surface area contributed by atoms with Gasteiger partial charge < -0.3 is 14.2 Å². The van der Waals surface area contributed by atoms with Gasteiger partial charge in [-0.15, -0.1) is 0 Å². The zero-order valence-electron chi connectivity index (χ0n) is 11.5. The third-order valence-electron chi connectivity index (χ3n) is 3.32. The van der Waals surface area contributed by atoms with Crippen molar-refractivity contribution in [1.82, 2.24) is 0 Å². The molecule has 0 N–H and O–H groups in total. The molecular weight excluding hydrogens is 296 g/mol. The molecular formula is C14H27BrO3. The van der Waals surface area contributed by atoms with E-state index in [-0.39, 0.29) is 0 Å². The highest BCUT2D eigenvalue weighted by molar-refractivity contribution is 9.09.